The Morgan fingerprint density at radius 1 is 0.750 bits per heavy atom. The highest BCUT2D eigenvalue weighted by Crippen LogP contribution is 2.39. The zero-order chi connectivity index (χ0) is 41.6. The van der Waals surface area contributed by atoms with Crippen LogP contribution in [0.4, 0.5) is 11.8 Å². The van der Waals surface area contributed by atoms with E-state index in [1.54, 1.807) is 0 Å². The summed E-state index contributed by atoms with van der Waals surface area (Å²) in [6, 6.07) is 5.81. The normalized spacial score (nSPS) is 26.5. The minimum absolute atomic E-state index is 0. The van der Waals surface area contributed by atoms with Gasteiger partial charge in [0.2, 0.25) is 5.95 Å². The molecule has 6 aliphatic rings. The van der Waals surface area contributed by atoms with Gasteiger partial charge in [-0.15, -0.1) is 48.0 Å². The lowest BCUT2D eigenvalue weighted by Crippen LogP contribution is -2.56. The number of anilines is 2. The van der Waals surface area contributed by atoms with Crippen LogP contribution in [-0.2, 0) is 9.59 Å². The summed E-state index contributed by atoms with van der Waals surface area (Å²) >= 11 is 0. The molecule has 6 heterocycles. The van der Waals surface area contributed by atoms with E-state index in [9.17, 15) is 9.59 Å². The second-order valence-corrected chi connectivity index (χ2v) is 18.8. The van der Waals surface area contributed by atoms with Crippen LogP contribution in [0, 0.1) is 18.8 Å². The first-order valence-corrected chi connectivity index (χ1v) is 23.3. The highest BCUT2D eigenvalue weighted by atomic mass is 127. The molecule has 2 aromatic rings. The fourth-order valence-electron chi connectivity index (χ4n) is 9.89. The molecule has 0 radical (unpaired) electrons. The van der Waals surface area contributed by atoms with Crippen molar-refractivity contribution in [3.05, 3.63) is 48.7 Å². The lowest BCUT2D eigenvalue weighted by molar-refractivity contribution is -0.115. The number of halogens is 2. The Bertz CT molecular complexity index is 1510. The number of piperazine rings is 2. The smallest absolute Gasteiger partial charge is 0.225 e. The van der Waals surface area contributed by atoms with Gasteiger partial charge in [-0.2, -0.15) is 0 Å². The van der Waals surface area contributed by atoms with Crippen LogP contribution in [0.5, 0.6) is 0 Å². The summed E-state index contributed by atoms with van der Waals surface area (Å²) in [6.07, 6.45) is 28.6. The van der Waals surface area contributed by atoms with E-state index in [4.69, 9.17) is 4.98 Å². The predicted molar refractivity (Wildman–Crippen MR) is 269 cm³/mol. The van der Waals surface area contributed by atoms with Gasteiger partial charge in [0, 0.05) is 99.3 Å². The van der Waals surface area contributed by atoms with Crippen LogP contribution in [0.25, 0.3) is 0 Å². The van der Waals surface area contributed by atoms with Crippen LogP contribution < -0.4 is 9.80 Å². The molecule has 2 aliphatic carbocycles. The first-order valence-electron chi connectivity index (χ1n) is 23.3. The van der Waals surface area contributed by atoms with Crippen LogP contribution >= 0.6 is 48.0 Å². The average molecular weight is 1060 g/mol. The molecule has 5 atom stereocenters. The summed E-state index contributed by atoms with van der Waals surface area (Å²) in [7, 11) is 0. The standard InChI is InChI=1S/C23H34N4O.C15H24N4.C6H12.C4H8O.2HI/c1-4-21(28)13-17-5-7-18(8-6-17)23-24-12-11-22(25-23)27-19-9-10-20(27)15-26(14-19)16(2)3;1-4-12(3)18-9-13-5-6-14(10-18)19(13)15-16-7-11(2)8-17-15;1-2-4-6-5-3-1;1-4(2)3-5;;/h4,11-12,16-20H,1,5-10,13-15H2,2-3H3;7-8,12-14H,4-6,9-10H2,1-3H3;1-6H2;3-4H,1-2H3;2*1H. The molecule has 12 heteroatoms. The van der Waals surface area contributed by atoms with E-state index in [1.165, 1.54) is 89.8 Å². The van der Waals surface area contributed by atoms with Crippen molar-refractivity contribution in [2.75, 3.05) is 36.0 Å². The largest absolute Gasteiger partial charge is 0.348 e. The Morgan fingerprint density at radius 3 is 1.68 bits per heavy atom. The number of aromatic nitrogens is 4. The molecule has 338 valence electrons. The number of ketones is 1. The van der Waals surface area contributed by atoms with Gasteiger partial charge in [0.15, 0.2) is 5.78 Å². The van der Waals surface area contributed by atoms with Gasteiger partial charge in [-0.1, -0.05) is 65.9 Å². The number of allylic oxidation sites excluding steroid dienone is 1. The van der Waals surface area contributed by atoms with Crippen molar-refractivity contribution in [3.63, 3.8) is 0 Å². The highest BCUT2D eigenvalue weighted by Gasteiger charge is 2.43. The van der Waals surface area contributed by atoms with Gasteiger partial charge >= 0.3 is 0 Å². The van der Waals surface area contributed by atoms with E-state index in [2.05, 4.69) is 74.9 Å². The topological polar surface area (TPSA) is 98.7 Å². The molecule has 0 spiro atoms. The second kappa shape index (κ2) is 26.8. The molecule has 8 rings (SSSR count). The van der Waals surface area contributed by atoms with Crippen LogP contribution in [0.3, 0.4) is 0 Å². The van der Waals surface area contributed by atoms with Crippen molar-refractivity contribution in [1.29, 1.82) is 0 Å². The summed E-state index contributed by atoms with van der Waals surface area (Å²) in [5, 5.41) is 0. The van der Waals surface area contributed by atoms with Crippen molar-refractivity contribution >= 4 is 71.8 Å². The maximum Gasteiger partial charge on any atom is 0.225 e. The van der Waals surface area contributed by atoms with E-state index in [0.29, 0.717) is 54.5 Å². The number of rotatable bonds is 10. The number of hydrogen-bond acceptors (Lipinski definition) is 10. The Balaban J connectivity index is 0.000000258. The highest BCUT2D eigenvalue weighted by molar-refractivity contribution is 14.0. The van der Waals surface area contributed by atoms with Crippen LogP contribution in [-0.4, -0.2) is 104 Å². The van der Waals surface area contributed by atoms with Gasteiger partial charge in [0.1, 0.15) is 17.9 Å². The lowest BCUT2D eigenvalue weighted by Gasteiger charge is -2.43. The number of aryl methyl sites for hydroxylation is 1. The Morgan fingerprint density at radius 2 is 1.23 bits per heavy atom. The van der Waals surface area contributed by atoms with Gasteiger partial charge in [-0.25, -0.2) is 19.9 Å². The molecule has 5 unspecified atom stereocenters. The molecule has 2 aromatic heterocycles. The van der Waals surface area contributed by atoms with Crippen molar-refractivity contribution in [1.82, 2.24) is 29.7 Å². The maximum atomic E-state index is 11.6. The SMILES string of the molecule is C1CCCCC1.C=CC(=O)CC1CCC(c2nccc(N3C4CCC3CN(C(C)C)C4)n2)CC1.CC(C)C=O.CCC(C)N1CC2CCC(C1)N2c1ncc(C)cn1.I.I. The van der Waals surface area contributed by atoms with E-state index in [-0.39, 0.29) is 59.7 Å². The number of hydrogen-bond donors (Lipinski definition) is 0. The zero-order valence-electron chi connectivity index (χ0n) is 38.2. The quantitative estimate of drug-likeness (QED) is 0.130. The summed E-state index contributed by atoms with van der Waals surface area (Å²) < 4.78 is 0. The first-order chi connectivity index (χ1) is 28.0. The van der Waals surface area contributed by atoms with Gasteiger partial charge < -0.3 is 14.6 Å². The Kier molecular flexibility index (Phi) is 23.4. The first kappa shape index (κ1) is 52.6. The van der Waals surface area contributed by atoms with E-state index in [1.807, 2.05) is 39.4 Å². The molecule has 0 amide bonds. The minimum atomic E-state index is 0. The Hall–Kier alpha value is -1.78. The van der Waals surface area contributed by atoms with E-state index < -0.39 is 0 Å². The molecule has 10 nitrogen and oxygen atoms in total. The van der Waals surface area contributed by atoms with Gasteiger partial charge in [-0.05, 0) is 109 Å². The third-order valence-corrected chi connectivity index (χ3v) is 13.6. The van der Waals surface area contributed by atoms with Gasteiger partial charge in [0.05, 0.1) is 0 Å². The third kappa shape index (κ3) is 15.2. The molecule has 0 aromatic carbocycles. The maximum absolute atomic E-state index is 11.6. The number of carbonyl (C=O) groups excluding carboxylic acids is 2. The zero-order valence-corrected chi connectivity index (χ0v) is 42.9. The molecular weight excluding hydrogens is 974 g/mol. The van der Waals surface area contributed by atoms with Crippen molar-refractivity contribution in [3.8, 4) is 0 Å². The number of fused-ring (bicyclic) bond motifs is 4. The molecular formula is C48H80I2N8O2. The molecule has 4 bridgehead atoms. The van der Waals surface area contributed by atoms with E-state index >= 15 is 0 Å². The summed E-state index contributed by atoms with van der Waals surface area (Å²) in [5.74, 6) is 4.39. The van der Waals surface area contributed by atoms with Gasteiger partial charge in [-0.3, -0.25) is 14.6 Å². The summed E-state index contributed by atoms with van der Waals surface area (Å²) in [6.45, 7) is 23.2. The molecule has 2 saturated carbocycles. The van der Waals surface area contributed by atoms with E-state index in [0.717, 1.165) is 68.2 Å². The van der Waals surface area contributed by atoms with Crippen molar-refractivity contribution in [2.45, 2.75) is 193 Å². The van der Waals surface area contributed by atoms with Crippen molar-refractivity contribution in [2.24, 2.45) is 11.8 Å². The summed E-state index contributed by atoms with van der Waals surface area (Å²) in [4.78, 5) is 50.2. The minimum Gasteiger partial charge on any atom is -0.348 e. The summed E-state index contributed by atoms with van der Waals surface area (Å²) in [5.41, 5.74) is 1.13. The predicted octanol–water partition coefficient (Wildman–Crippen LogP) is 10.6. The average Bonchev–Trinajstić information content (AvgIpc) is 3.67. The molecule has 60 heavy (non-hydrogen) atoms. The molecule has 4 aliphatic heterocycles. The fourth-order valence-corrected chi connectivity index (χ4v) is 9.89. The van der Waals surface area contributed by atoms with Crippen molar-refractivity contribution < 1.29 is 9.59 Å². The van der Waals surface area contributed by atoms with Crippen LogP contribution in [0.2, 0.25) is 0 Å². The van der Waals surface area contributed by atoms with Crippen LogP contribution in [0.1, 0.15) is 162 Å². The number of likely N-dealkylation sites (tertiary alicyclic amines) is 2. The Labute approximate surface area is 398 Å². The number of aldehydes is 1. The second-order valence-electron chi connectivity index (χ2n) is 18.8. The number of carbonyl (C=O) groups is 2. The fraction of sp³-hybridized carbons (Fsp3) is 0.750. The molecule has 6 fully saturated rings. The lowest BCUT2D eigenvalue weighted by atomic mass is 9.79. The molecule has 4 saturated heterocycles. The number of nitrogens with zero attached hydrogens (tertiary/aromatic N) is 8. The molecule has 0 N–H and O–H groups in total. The van der Waals surface area contributed by atoms with Crippen LogP contribution in [0.15, 0.2) is 37.3 Å². The monoisotopic (exact) mass is 1050 g/mol. The van der Waals surface area contributed by atoms with Gasteiger partial charge in [0.25, 0.3) is 0 Å². The third-order valence-electron chi connectivity index (χ3n) is 13.6.